The number of hydrogen-bond donors (Lipinski definition) is 3. The molecule has 3 aromatic heterocycles. The van der Waals surface area contributed by atoms with Crippen LogP contribution in [0.15, 0.2) is 48.8 Å². The third-order valence-corrected chi connectivity index (χ3v) is 12.3. The Labute approximate surface area is 318 Å². The number of nitrogens with one attached hydrogen (secondary N) is 2. The Hall–Kier alpha value is -5.41. The number of aromatic nitrogens is 4. The number of nitrogens with zero attached hydrogens (tertiary/aromatic N) is 8. The fourth-order valence-corrected chi connectivity index (χ4v) is 9.21. The van der Waals surface area contributed by atoms with Crippen molar-refractivity contribution < 1.29 is 24.3 Å². The Morgan fingerprint density at radius 1 is 1.00 bits per heavy atom. The number of benzene rings is 1. The number of pyridine rings is 1. The molecule has 3 N–H and O–H groups in total. The van der Waals surface area contributed by atoms with Gasteiger partial charge < -0.3 is 29.7 Å². The fourth-order valence-electron chi connectivity index (χ4n) is 9.21. The van der Waals surface area contributed by atoms with Crippen LogP contribution in [0.2, 0.25) is 0 Å². The average Bonchev–Trinajstić information content (AvgIpc) is 3.91. The number of fused-ring (bicyclic) bond motifs is 2. The normalized spacial score (nSPS) is 21.9. The molecule has 1 unspecified atom stereocenters. The maximum Gasteiger partial charge on any atom is 0.270 e. The number of likely N-dealkylation sites (tertiary alicyclic amines) is 1. The van der Waals surface area contributed by atoms with Gasteiger partial charge in [-0.2, -0.15) is 4.98 Å². The molecule has 1 saturated carbocycles. The number of hydrogen-bond acceptors (Lipinski definition) is 11. The molecule has 3 saturated heterocycles. The van der Waals surface area contributed by atoms with Gasteiger partial charge >= 0.3 is 0 Å². The molecular weight excluding hydrogens is 701 g/mol. The topological polar surface area (TPSA) is 169 Å². The zero-order valence-electron chi connectivity index (χ0n) is 31.2. The fraction of sp³-hybridized carbons (Fsp3) is 0.475. The van der Waals surface area contributed by atoms with Gasteiger partial charge in [0.25, 0.3) is 11.8 Å². The summed E-state index contributed by atoms with van der Waals surface area (Å²) in [6.45, 7) is 3.72. The predicted molar refractivity (Wildman–Crippen MR) is 203 cm³/mol. The van der Waals surface area contributed by atoms with E-state index < -0.39 is 18.2 Å². The smallest absolute Gasteiger partial charge is 0.270 e. The molecule has 0 radical (unpaired) electrons. The second kappa shape index (κ2) is 13.7. The lowest BCUT2D eigenvalue weighted by Gasteiger charge is -2.55. The second-order valence-electron chi connectivity index (χ2n) is 16.1. The Kier molecular flexibility index (Phi) is 8.80. The number of anilines is 3. The molecule has 0 bridgehead atoms. The zero-order valence-corrected chi connectivity index (χ0v) is 31.2. The van der Waals surface area contributed by atoms with Gasteiger partial charge in [-0.1, -0.05) is 12.8 Å². The van der Waals surface area contributed by atoms with E-state index in [1.165, 1.54) is 0 Å². The number of aliphatic hydroxyl groups excluding tert-OH is 1. The van der Waals surface area contributed by atoms with Gasteiger partial charge in [-0.3, -0.25) is 29.4 Å². The maximum atomic E-state index is 13.1. The highest BCUT2D eigenvalue weighted by molar-refractivity contribution is 6.05. The van der Waals surface area contributed by atoms with Crippen LogP contribution >= 0.6 is 0 Å². The van der Waals surface area contributed by atoms with Gasteiger partial charge in [-0.15, -0.1) is 0 Å². The van der Waals surface area contributed by atoms with E-state index in [9.17, 15) is 24.3 Å². The first kappa shape index (κ1) is 35.3. The number of amides is 4. The summed E-state index contributed by atoms with van der Waals surface area (Å²) in [4.78, 5) is 71.8. The Bertz CT molecular complexity index is 2180. The molecule has 55 heavy (non-hydrogen) atoms. The molecule has 1 aromatic carbocycles. The molecule has 4 aliphatic heterocycles. The molecular formula is C40H46N10O5. The molecule has 4 amide bonds. The van der Waals surface area contributed by atoms with Crippen molar-refractivity contribution in [2.24, 2.45) is 5.41 Å². The lowest BCUT2D eigenvalue weighted by atomic mass is 9.71. The lowest BCUT2D eigenvalue weighted by Crippen LogP contribution is -2.60. The third kappa shape index (κ3) is 6.38. The number of imide groups is 1. The standard InChI is InChI=1S/C40H46N10O5/c1-46(2)38(55)31-18-25-20-42-39(45-34(25)50(31)27-5-3-4-6-27)43-32-11-7-24(19-41-32)36(53)47-15-13-40(14-16-47)22-48(23-40)28-8-9-29-26(17-28)21-49(37(29)54)30-10-12-33(51)44-35(30)52/h7-9,11,17-20,27,30,36,53H,3-6,10,12-16,21-23H2,1-2H3,(H,44,51,52)(H,41,42,43,45)/t30-,36?/m0/s1. The quantitative estimate of drug-likeness (QED) is 0.225. The molecule has 1 spiro atoms. The van der Waals surface area contributed by atoms with Crippen molar-refractivity contribution in [3.05, 3.63) is 71.2 Å². The molecule has 15 nitrogen and oxygen atoms in total. The van der Waals surface area contributed by atoms with Crippen LogP contribution in [0.25, 0.3) is 11.0 Å². The SMILES string of the molecule is CN(C)C(=O)c1cc2cnc(Nc3ccc(C(O)N4CCC5(CC4)CN(c4ccc6c(c4)CN([C@H]4CCC(=O)NC4=O)C6=O)C5)cn3)nc2n1C1CCCC1. The summed E-state index contributed by atoms with van der Waals surface area (Å²) in [5.74, 6) is 0.0592. The van der Waals surface area contributed by atoms with E-state index >= 15 is 0 Å². The molecule has 15 heteroatoms. The third-order valence-electron chi connectivity index (χ3n) is 12.3. The Balaban J connectivity index is 0.801. The highest BCUT2D eigenvalue weighted by Crippen LogP contribution is 2.44. The zero-order chi connectivity index (χ0) is 38.0. The van der Waals surface area contributed by atoms with E-state index in [1.807, 2.05) is 30.3 Å². The van der Waals surface area contributed by atoms with Crippen molar-refractivity contribution >= 4 is 52.1 Å². The highest BCUT2D eigenvalue weighted by Gasteiger charge is 2.46. The van der Waals surface area contributed by atoms with E-state index in [0.717, 1.165) is 87.0 Å². The Morgan fingerprint density at radius 2 is 1.78 bits per heavy atom. The van der Waals surface area contributed by atoms with Crippen LogP contribution in [0.1, 0.15) is 95.6 Å². The first-order valence-electron chi connectivity index (χ1n) is 19.3. The van der Waals surface area contributed by atoms with E-state index in [4.69, 9.17) is 4.98 Å². The average molecular weight is 747 g/mol. The van der Waals surface area contributed by atoms with Gasteiger partial charge in [0.2, 0.25) is 17.8 Å². The monoisotopic (exact) mass is 746 g/mol. The second-order valence-corrected chi connectivity index (χ2v) is 16.1. The summed E-state index contributed by atoms with van der Waals surface area (Å²) < 4.78 is 2.09. The summed E-state index contributed by atoms with van der Waals surface area (Å²) in [6.07, 6.45) is 9.47. The molecule has 9 rings (SSSR count). The molecule has 7 heterocycles. The van der Waals surface area contributed by atoms with Crippen LogP contribution in [0.3, 0.4) is 0 Å². The minimum absolute atomic E-state index is 0.0498. The van der Waals surface area contributed by atoms with Gasteiger partial charge in [-0.25, -0.2) is 9.97 Å². The largest absolute Gasteiger partial charge is 0.374 e. The van der Waals surface area contributed by atoms with Gasteiger partial charge in [-0.05, 0) is 74.1 Å². The van der Waals surface area contributed by atoms with Crippen LogP contribution in [-0.4, -0.2) is 109 Å². The molecule has 2 atom stereocenters. The summed E-state index contributed by atoms with van der Waals surface area (Å²) in [7, 11) is 3.53. The van der Waals surface area contributed by atoms with Crippen molar-refractivity contribution in [3.63, 3.8) is 0 Å². The van der Waals surface area contributed by atoms with Crippen molar-refractivity contribution in [1.82, 2.24) is 39.5 Å². The van der Waals surface area contributed by atoms with Crippen LogP contribution in [-0.2, 0) is 16.1 Å². The van der Waals surface area contributed by atoms with E-state index in [2.05, 4.69) is 41.0 Å². The molecule has 5 aliphatic rings. The van der Waals surface area contributed by atoms with E-state index in [-0.39, 0.29) is 35.6 Å². The number of rotatable bonds is 8. The molecule has 4 aromatic rings. The van der Waals surface area contributed by atoms with Crippen molar-refractivity contribution in [2.45, 2.75) is 76.2 Å². The lowest BCUT2D eigenvalue weighted by molar-refractivity contribution is -0.136. The minimum atomic E-state index is -0.772. The number of aliphatic hydroxyl groups is 1. The van der Waals surface area contributed by atoms with Crippen molar-refractivity contribution in [2.75, 3.05) is 50.5 Å². The van der Waals surface area contributed by atoms with Gasteiger partial charge in [0.05, 0.1) is 0 Å². The summed E-state index contributed by atoms with van der Waals surface area (Å²) >= 11 is 0. The summed E-state index contributed by atoms with van der Waals surface area (Å²) in [5.41, 5.74) is 4.87. The molecule has 4 fully saturated rings. The summed E-state index contributed by atoms with van der Waals surface area (Å²) in [6, 6.07) is 11.1. The number of carbonyl (C=O) groups is 4. The maximum absolute atomic E-state index is 13.1. The Morgan fingerprint density at radius 3 is 2.49 bits per heavy atom. The highest BCUT2D eigenvalue weighted by atomic mass is 16.3. The predicted octanol–water partition coefficient (Wildman–Crippen LogP) is 3.74. The summed E-state index contributed by atoms with van der Waals surface area (Å²) in [5, 5.41) is 17.7. The van der Waals surface area contributed by atoms with Gasteiger partial charge in [0.1, 0.15) is 29.4 Å². The first-order chi connectivity index (χ1) is 26.6. The number of piperidine rings is 2. The molecule has 286 valence electrons. The first-order valence-corrected chi connectivity index (χ1v) is 19.3. The van der Waals surface area contributed by atoms with Crippen LogP contribution in [0.4, 0.5) is 17.5 Å². The van der Waals surface area contributed by atoms with Crippen LogP contribution in [0, 0.1) is 5.41 Å². The van der Waals surface area contributed by atoms with Gasteiger partial charge in [0, 0.05) is 99.3 Å². The molecule has 1 aliphatic carbocycles. The number of carbonyl (C=O) groups excluding carboxylic acids is 4. The van der Waals surface area contributed by atoms with Gasteiger partial charge in [0.15, 0.2) is 0 Å². The van der Waals surface area contributed by atoms with Crippen molar-refractivity contribution in [3.8, 4) is 0 Å². The van der Waals surface area contributed by atoms with E-state index in [0.29, 0.717) is 41.6 Å². The minimum Gasteiger partial charge on any atom is -0.374 e. The van der Waals surface area contributed by atoms with Crippen LogP contribution in [0.5, 0.6) is 0 Å². The van der Waals surface area contributed by atoms with Crippen molar-refractivity contribution in [1.29, 1.82) is 0 Å². The van der Waals surface area contributed by atoms with Crippen LogP contribution < -0.4 is 15.5 Å². The van der Waals surface area contributed by atoms with E-state index in [1.54, 1.807) is 36.3 Å².